The molecule has 1 N–H and O–H groups in total. The highest BCUT2D eigenvalue weighted by Gasteiger charge is 2.28. The Labute approximate surface area is 134 Å². The summed E-state index contributed by atoms with van der Waals surface area (Å²) < 4.78 is 1.80. The predicted molar refractivity (Wildman–Crippen MR) is 82.9 cm³/mol. The molecule has 2 aromatic rings. The first kappa shape index (κ1) is 15.2. The second kappa shape index (κ2) is 6.60. The van der Waals surface area contributed by atoms with Gasteiger partial charge in [0.2, 0.25) is 11.8 Å². The summed E-state index contributed by atoms with van der Waals surface area (Å²) in [7, 11) is 0. The molecule has 0 radical (unpaired) electrons. The molecule has 7 heteroatoms. The normalized spacial score (nSPS) is 17.3. The number of pyridine rings is 1. The molecule has 0 spiro atoms. The molecule has 3 rings (SSSR count). The van der Waals surface area contributed by atoms with Crippen LogP contribution in [0, 0.1) is 5.92 Å². The number of carbonyl (C=O) groups excluding carboxylic acids is 2. The molecule has 0 aliphatic carbocycles. The molecular formula is C16H19N5O2. The van der Waals surface area contributed by atoms with E-state index in [1.165, 1.54) is 6.92 Å². The summed E-state index contributed by atoms with van der Waals surface area (Å²) >= 11 is 0. The van der Waals surface area contributed by atoms with Gasteiger partial charge >= 0.3 is 0 Å². The topological polar surface area (TPSA) is 80.1 Å². The molecule has 7 nitrogen and oxygen atoms in total. The van der Waals surface area contributed by atoms with Crippen LogP contribution in [0.2, 0.25) is 0 Å². The van der Waals surface area contributed by atoms with E-state index in [0.29, 0.717) is 26.2 Å². The van der Waals surface area contributed by atoms with Crippen molar-refractivity contribution in [3.63, 3.8) is 0 Å². The molecule has 23 heavy (non-hydrogen) atoms. The molecule has 1 unspecified atom stereocenters. The minimum absolute atomic E-state index is 0.0373. The molecule has 0 fully saturated rings. The molecule has 0 saturated heterocycles. The summed E-state index contributed by atoms with van der Waals surface area (Å²) in [6, 6.07) is 5.63. The van der Waals surface area contributed by atoms with E-state index in [1.54, 1.807) is 28.2 Å². The Hall–Kier alpha value is -2.70. The zero-order chi connectivity index (χ0) is 16.2. The highest BCUT2D eigenvalue weighted by atomic mass is 16.2. The fourth-order valence-electron chi connectivity index (χ4n) is 2.69. The van der Waals surface area contributed by atoms with Gasteiger partial charge < -0.3 is 10.2 Å². The summed E-state index contributed by atoms with van der Waals surface area (Å²) in [6.45, 7) is 3.32. The monoisotopic (exact) mass is 313 g/mol. The Kier molecular flexibility index (Phi) is 4.36. The van der Waals surface area contributed by atoms with E-state index in [2.05, 4.69) is 15.4 Å². The molecule has 3 heterocycles. The third-order valence-electron chi connectivity index (χ3n) is 4.00. The molecule has 0 bridgehead atoms. The summed E-state index contributed by atoms with van der Waals surface area (Å²) in [6.07, 6.45) is 5.12. The SMILES string of the molecule is CC(=O)N1Cc2ccnn2CC(C(=O)NCc2cccnc2)C1. The minimum atomic E-state index is -0.322. The molecule has 2 aromatic heterocycles. The lowest BCUT2D eigenvalue weighted by Gasteiger charge is -2.22. The van der Waals surface area contributed by atoms with E-state index in [1.807, 2.05) is 18.2 Å². The highest BCUT2D eigenvalue weighted by Crippen LogP contribution is 2.16. The average Bonchev–Trinajstić information content (AvgIpc) is 2.90. The number of hydrogen-bond acceptors (Lipinski definition) is 4. The first-order valence-corrected chi connectivity index (χ1v) is 7.56. The molecule has 1 atom stereocenters. The third kappa shape index (κ3) is 3.56. The Bertz CT molecular complexity index is 698. The number of nitrogens with zero attached hydrogens (tertiary/aromatic N) is 4. The second-order valence-corrected chi connectivity index (χ2v) is 5.68. The van der Waals surface area contributed by atoms with Crippen molar-refractivity contribution in [2.75, 3.05) is 6.54 Å². The van der Waals surface area contributed by atoms with E-state index < -0.39 is 0 Å². The van der Waals surface area contributed by atoms with Gasteiger partial charge in [-0.2, -0.15) is 5.10 Å². The fraction of sp³-hybridized carbons (Fsp3) is 0.375. The molecular weight excluding hydrogens is 294 g/mol. The lowest BCUT2D eigenvalue weighted by Crippen LogP contribution is -2.40. The zero-order valence-electron chi connectivity index (χ0n) is 13.0. The van der Waals surface area contributed by atoms with Crippen molar-refractivity contribution in [3.8, 4) is 0 Å². The van der Waals surface area contributed by atoms with Gasteiger partial charge in [-0.15, -0.1) is 0 Å². The molecule has 1 aliphatic rings. The van der Waals surface area contributed by atoms with Gasteiger partial charge in [0.05, 0.1) is 24.7 Å². The smallest absolute Gasteiger partial charge is 0.227 e. The summed E-state index contributed by atoms with van der Waals surface area (Å²) in [5, 5.41) is 7.17. The minimum Gasteiger partial charge on any atom is -0.352 e. The van der Waals surface area contributed by atoms with Crippen LogP contribution >= 0.6 is 0 Å². The Morgan fingerprint density at radius 1 is 1.30 bits per heavy atom. The van der Waals surface area contributed by atoms with Crippen molar-refractivity contribution in [1.82, 2.24) is 25.0 Å². The van der Waals surface area contributed by atoms with E-state index in [4.69, 9.17) is 0 Å². The second-order valence-electron chi connectivity index (χ2n) is 5.68. The molecule has 120 valence electrons. The number of carbonyl (C=O) groups is 2. The number of amides is 2. The van der Waals surface area contributed by atoms with Crippen LogP contribution in [-0.2, 0) is 29.2 Å². The number of aromatic nitrogens is 3. The Balaban J connectivity index is 1.70. The maximum absolute atomic E-state index is 12.5. The van der Waals surface area contributed by atoms with Gasteiger partial charge in [-0.05, 0) is 17.7 Å². The van der Waals surface area contributed by atoms with Crippen molar-refractivity contribution in [3.05, 3.63) is 48.0 Å². The fourth-order valence-corrected chi connectivity index (χ4v) is 2.69. The van der Waals surface area contributed by atoms with Crippen molar-refractivity contribution < 1.29 is 9.59 Å². The van der Waals surface area contributed by atoms with Gasteiger partial charge in [0.15, 0.2) is 0 Å². The van der Waals surface area contributed by atoms with E-state index in [0.717, 1.165) is 11.3 Å². The lowest BCUT2D eigenvalue weighted by molar-refractivity contribution is -0.132. The quantitative estimate of drug-likeness (QED) is 0.898. The molecule has 0 aromatic carbocycles. The van der Waals surface area contributed by atoms with Gasteiger partial charge in [0.25, 0.3) is 0 Å². The third-order valence-corrected chi connectivity index (χ3v) is 4.00. The zero-order valence-corrected chi connectivity index (χ0v) is 13.0. The van der Waals surface area contributed by atoms with Crippen LogP contribution < -0.4 is 5.32 Å². The van der Waals surface area contributed by atoms with E-state index >= 15 is 0 Å². The van der Waals surface area contributed by atoms with Crippen molar-refractivity contribution in [2.24, 2.45) is 5.92 Å². The van der Waals surface area contributed by atoms with Crippen LogP contribution in [0.25, 0.3) is 0 Å². The largest absolute Gasteiger partial charge is 0.352 e. The van der Waals surface area contributed by atoms with Crippen LogP contribution in [0.4, 0.5) is 0 Å². The summed E-state index contributed by atoms with van der Waals surface area (Å²) in [5.41, 5.74) is 1.89. The van der Waals surface area contributed by atoms with Gasteiger partial charge in [0.1, 0.15) is 0 Å². The van der Waals surface area contributed by atoms with Crippen LogP contribution in [0.1, 0.15) is 18.2 Å². The summed E-state index contributed by atoms with van der Waals surface area (Å²) in [5.74, 6) is -0.440. The Morgan fingerprint density at radius 2 is 2.17 bits per heavy atom. The first-order chi connectivity index (χ1) is 11.1. The maximum atomic E-state index is 12.5. The van der Waals surface area contributed by atoms with Crippen molar-refractivity contribution >= 4 is 11.8 Å². The standard InChI is InChI=1S/C16H19N5O2/c1-12(22)20-9-14(10-21-15(11-20)4-6-19-21)16(23)18-8-13-3-2-5-17-7-13/h2-7,14H,8-11H2,1H3,(H,18,23). The predicted octanol–water partition coefficient (Wildman–Crippen LogP) is 0.573. The van der Waals surface area contributed by atoms with Crippen LogP contribution in [0.5, 0.6) is 0 Å². The first-order valence-electron chi connectivity index (χ1n) is 7.56. The molecule has 1 aliphatic heterocycles. The van der Waals surface area contributed by atoms with Gasteiger partial charge in [0, 0.05) is 38.6 Å². The van der Waals surface area contributed by atoms with E-state index in [9.17, 15) is 9.59 Å². The van der Waals surface area contributed by atoms with Crippen molar-refractivity contribution in [1.29, 1.82) is 0 Å². The molecule has 2 amide bonds. The van der Waals surface area contributed by atoms with Gasteiger partial charge in [-0.1, -0.05) is 6.07 Å². The average molecular weight is 313 g/mol. The van der Waals surface area contributed by atoms with Gasteiger partial charge in [-0.3, -0.25) is 19.3 Å². The number of fused-ring (bicyclic) bond motifs is 1. The maximum Gasteiger partial charge on any atom is 0.227 e. The van der Waals surface area contributed by atoms with Crippen LogP contribution in [-0.4, -0.2) is 38.0 Å². The van der Waals surface area contributed by atoms with Crippen molar-refractivity contribution in [2.45, 2.75) is 26.6 Å². The van der Waals surface area contributed by atoms with Crippen LogP contribution in [0.15, 0.2) is 36.8 Å². The van der Waals surface area contributed by atoms with Crippen LogP contribution in [0.3, 0.4) is 0 Å². The van der Waals surface area contributed by atoms with Gasteiger partial charge in [-0.25, -0.2) is 0 Å². The highest BCUT2D eigenvalue weighted by molar-refractivity contribution is 5.80. The summed E-state index contributed by atoms with van der Waals surface area (Å²) in [4.78, 5) is 30.0. The number of hydrogen-bond donors (Lipinski definition) is 1. The Morgan fingerprint density at radius 3 is 2.91 bits per heavy atom. The molecule has 0 saturated carbocycles. The number of nitrogens with one attached hydrogen (secondary N) is 1. The lowest BCUT2D eigenvalue weighted by atomic mass is 10.1. The number of rotatable bonds is 3. The van der Waals surface area contributed by atoms with E-state index in [-0.39, 0.29) is 17.7 Å².